The van der Waals surface area contributed by atoms with Crippen LogP contribution in [-0.4, -0.2) is 19.5 Å². The standard InChI is InChI=1S/C12H7Cl3N4/c1-6-16-8-3-2-7(13)4-9(8)19(6)12-17-10(14)5-11(15)18-12/h2-5H,1H3. The van der Waals surface area contributed by atoms with E-state index in [1.165, 1.54) is 6.07 Å². The van der Waals surface area contributed by atoms with Gasteiger partial charge in [0.25, 0.3) is 0 Å². The average molecular weight is 314 g/mol. The van der Waals surface area contributed by atoms with Gasteiger partial charge in [0.15, 0.2) is 0 Å². The van der Waals surface area contributed by atoms with E-state index in [-0.39, 0.29) is 10.3 Å². The lowest BCUT2D eigenvalue weighted by Gasteiger charge is -2.05. The number of nitrogens with zero attached hydrogens (tertiary/aromatic N) is 4. The van der Waals surface area contributed by atoms with Crippen molar-refractivity contribution < 1.29 is 0 Å². The fourth-order valence-electron chi connectivity index (χ4n) is 1.90. The van der Waals surface area contributed by atoms with Gasteiger partial charge in [-0.3, -0.25) is 4.57 Å². The molecular weight excluding hydrogens is 307 g/mol. The quantitative estimate of drug-likeness (QED) is 0.636. The van der Waals surface area contributed by atoms with Crippen molar-refractivity contribution in [3.63, 3.8) is 0 Å². The second-order valence-electron chi connectivity index (χ2n) is 3.94. The first-order valence-corrected chi connectivity index (χ1v) is 6.53. The Balaban J connectivity index is 2.35. The molecule has 2 aromatic heterocycles. The van der Waals surface area contributed by atoms with Gasteiger partial charge in [-0.25, -0.2) is 15.0 Å². The van der Waals surface area contributed by atoms with Gasteiger partial charge in [-0.1, -0.05) is 34.8 Å². The molecule has 0 bridgehead atoms. The van der Waals surface area contributed by atoms with Crippen molar-refractivity contribution in [2.24, 2.45) is 0 Å². The smallest absolute Gasteiger partial charge is 0.238 e. The number of fused-ring (bicyclic) bond motifs is 1. The number of rotatable bonds is 1. The third-order valence-corrected chi connectivity index (χ3v) is 3.26. The van der Waals surface area contributed by atoms with Crippen LogP contribution in [0.1, 0.15) is 5.82 Å². The van der Waals surface area contributed by atoms with E-state index in [2.05, 4.69) is 15.0 Å². The summed E-state index contributed by atoms with van der Waals surface area (Å²) in [6, 6.07) is 6.91. The van der Waals surface area contributed by atoms with E-state index in [9.17, 15) is 0 Å². The van der Waals surface area contributed by atoms with Crippen LogP contribution in [0.15, 0.2) is 24.3 Å². The summed E-state index contributed by atoms with van der Waals surface area (Å²) in [5.41, 5.74) is 1.62. The van der Waals surface area contributed by atoms with Gasteiger partial charge in [0, 0.05) is 11.1 Å². The van der Waals surface area contributed by atoms with Crippen LogP contribution in [0.2, 0.25) is 15.3 Å². The van der Waals surface area contributed by atoms with Gasteiger partial charge in [-0.15, -0.1) is 0 Å². The Morgan fingerprint density at radius 2 is 1.63 bits per heavy atom. The SMILES string of the molecule is Cc1nc2ccc(Cl)cc2n1-c1nc(Cl)cc(Cl)n1. The Hall–Kier alpha value is -1.36. The highest BCUT2D eigenvalue weighted by Gasteiger charge is 2.13. The van der Waals surface area contributed by atoms with Gasteiger partial charge < -0.3 is 0 Å². The largest absolute Gasteiger partial charge is 0.264 e. The van der Waals surface area contributed by atoms with Gasteiger partial charge in [-0.2, -0.15) is 0 Å². The van der Waals surface area contributed by atoms with Crippen LogP contribution < -0.4 is 0 Å². The van der Waals surface area contributed by atoms with Crippen LogP contribution >= 0.6 is 34.8 Å². The first-order chi connectivity index (χ1) is 9.04. The highest BCUT2D eigenvalue weighted by molar-refractivity contribution is 6.33. The zero-order chi connectivity index (χ0) is 13.6. The molecule has 4 nitrogen and oxygen atoms in total. The molecule has 0 unspecified atom stereocenters. The summed E-state index contributed by atoms with van der Waals surface area (Å²) < 4.78 is 1.76. The predicted molar refractivity (Wildman–Crippen MR) is 76.4 cm³/mol. The predicted octanol–water partition coefficient (Wildman–Crippen LogP) is 4.08. The van der Waals surface area contributed by atoms with Gasteiger partial charge in [-0.05, 0) is 25.1 Å². The van der Waals surface area contributed by atoms with E-state index in [1.807, 2.05) is 13.0 Å². The maximum absolute atomic E-state index is 6.02. The molecule has 0 aliphatic rings. The summed E-state index contributed by atoms with van der Waals surface area (Å²) in [6.07, 6.45) is 0. The summed E-state index contributed by atoms with van der Waals surface area (Å²) in [5.74, 6) is 1.11. The Morgan fingerprint density at radius 1 is 0.947 bits per heavy atom. The summed E-state index contributed by atoms with van der Waals surface area (Å²) >= 11 is 17.8. The van der Waals surface area contributed by atoms with Crippen molar-refractivity contribution in [2.45, 2.75) is 6.92 Å². The Kier molecular flexibility index (Phi) is 3.09. The summed E-state index contributed by atoms with van der Waals surface area (Å²) in [6.45, 7) is 1.85. The van der Waals surface area contributed by atoms with Crippen molar-refractivity contribution in [3.8, 4) is 5.95 Å². The highest BCUT2D eigenvalue weighted by Crippen LogP contribution is 2.24. The molecule has 0 aliphatic heterocycles. The summed E-state index contributed by atoms with van der Waals surface area (Å²) in [5, 5.41) is 1.17. The minimum Gasteiger partial charge on any atom is -0.264 e. The Bertz CT molecular complexity index is 762. The molecule has 0 atom stereocenters. The average Bonchev–Trinajstić information content (AvgIpc) is 2.63. The van der Waals surface area contributed by atoms with Gasteiger partial charge >= 0.3 is 0 Å². The first-order valence-electron chi connectivity index (χ1n) is 5.39. The molecule has 1 aromatic carbocycles. The molecule has 3 aromatic rings. The molecule has 2 heterocycles. The van der Waals surface area contributed by atoms with Crippen LogP contribution in [0.25, 0.3) is 17.0 Å². The molecule has 0 fully saturated rings. The lowest BCUT2D eigenvalue weighted by atomic mass is 10.3. The zero-order valence-electron chi connectivity index (χ0n) is 9.73. The second-order valence-corrected chi connectivity index (χ2v) is 5.15. The van der Waals surface area contributed by atoms with Crippen LogP contribution in [0.3, 0.4) is 0 Å². The monoisotopic (exact) mass is 312 g/mol. The van der Waals surface area contributed by atoms with E-state index in [1.54, 1.807) is 16.7 Å². The molecule has 0 N–H and O–H groups in total. The number of imidazole rings is 1. The number of aromatic nitrogens is 4. The maximum atomic E-state index is 6.02. The Morgan fingerprint density at radius 3 is 2.32 bits per heavy atom. The van der Waals surface area contributed by atoms with Gasteiger partial charge in [0.1, 0.15) is 16.1 Å². The zero-order valence-corrected chi connectivity index (χ0v) is 12.0. The maximum Gasteiger partial charge on any atom is 0.238 e. The number of hydrogen-bond acceptors (Lipinski definition) is 3. The molecule has 0 saturated heterocycles. The summed E-state index contributed by atoms with van der Waals surface area (Å²) in [7, 11) is 0. The fourth-order valence-corrected chi connectivity index (χ4v) is 2.48. The van der Waals surface area contributed by atoms with E-state index >= 15 is 0 Å². The van der Waals surface area contributed by atoms with Crippen molar-refractivity contribution in [2.75, 3.05) is 0 Å². The number of aryl methyl sites for hydroxylation is 1. The number of halogens is 3. The highest BCUT2D eigenvalue weighted by atomic mass is 35.5. The lowest BCUT2D eigenvalue weighted by molar-refractivity contribution is 0.904. The Labute approximate surface area is 124 Å². The minimum absolute atomic E-state index is 0.276. The lowest BCUT2D eigenvalue weighted by Crippen LogP contribution is -2.03. The third-order valence-electron chi connectivity index (χ3n) is 2.64. The molecule has 19 heavy (non-hydrogen) atoms. The fraction of sp³-hybridized carbons (Fsp3) is 0.0833. The number of benzene rings is 1. The van der Waals surface area contributed by atoms with E-state index < -0.39 is 0 Å². The minimum atomic E-state index is 0.276. The van der Waals surface area contributed by atoms with Gasteiger partial charge in [0.2, 0.25) is 5.95 Å². The molecule has 0 aliphatic carbocycles. The normalized spacial score (nSPS) is 11.2. The van der Waals surface area contributed by atoms with Gasteiger partial charge in [0.05, 0.1) is 11.0 Å². The topological polar surface area (TPSA) is 43.6 Å². The molecular formula is C12H7Cl3N4. The van der Waals surface area contributed by atoms with Crippen molar-refractivity contribution in [1.29, 1.82) is 0 Å². The van der Waals surface area contributed by atoms with Crippen molar-refractivity contribution >= 4 is 45.8 Å². The van der Waals surface area contributed by atoms with E-state index in [0.717, 1.165) is 16.9 Å². The summed E-state index contributed by atoms with van der Waals surface area (Å²) in [4.78, 5) is 12.8. The molecule has 0 saturated carbocycles. The van der Waals surface area contributed by atoms with Crippen LogP contribution in [-0.2, 0) is 0 Å². The van der Waals surface area contributed by atoms with Crippen molar-refractivity contribution in [3.05, 3.63) is 45.4 Å². The molecule has 7 heteroatoms. The second kappa shape index (κ2) is 4.63. The van der Waals surface area contributed by atoms with Crippen LogP contribution in [0.5, 0.6) is 0 Å². The number of hydrogen-bond donors (Lipinski definition) is 0. The van der Waals surface area contributed by atoms with E-state index in [4.69, 9.17) is 34.8 Å². The molecule has 3 rings (SSSR count). The third kappa shape index (κ3) is 2.27. The molecule has 0 amide bonds. The molecule has 0 radical (unpaired) electrons. The molecule has 96 valence electrons. The van der Waals surface area contributed by atoms with Crippen LogP contribution in [0, 0.1) is 6.92 Å². The van der Waals surface area contributed by atoms with Crippen LogP contribution in [0.4, 0.5) is 0 Å². The van der Waals surface area contributed by atoms with E-state index in [0.29, 0.717) is 11.0 Å². The first kappa shape index (κ1) is 12.7. The van der Waals surface area contributed by atoms with Crippen molar-refractivity contribution in [1.82, 2.24) is 19.5 Å². The molecule has 0 spiro atoms.